The second-order valence-electron chi connectivity index (χ2n) is 6.65. The highest BCUT2D eigenvalue weighted by molar-refractivity contribution is 7.19. The van der Waals surface area contributed by atoms with Gasteiger partial charge in [0.25, 0.3) is 0 Å². The third-order valence-corrected chi connectivity index (χ3v) is 5.83. The molecule has 3 nitrogen and oxygen atoms in total. The van der Waals surface area contributed by atoms with Crippen LogP contribution in [0, 0.1) is 5.82 Å². The van der Waals surface area contributed by atoms with E-state index in [1.165, 1.54) is 10.8 Å². The highest BCUT2D eigenvalue weighted by Crippen LogP contribution is 2.32. The molecule has 0 amide bonds. The maximum Gasteiger partial charge on any atom is 0.138 e. The van der Waals surface area contributed by atoms with Gasteiger partial charge in [-0.05, 0) is 40.8 Å². The zero-order valence-corrected chi connectivity index (χ0v) is 15.0. The average molecular weight is 370 g/mol. The van der Waals surface area contributed by atoms with Crippen LogP contribution in [0.1, 0.15) is 34.9 Å². The molecule has 0 bridgehead atoms. The second-order valence-corrected chi connectivity index (χ2v) is 7.82. The van der Waals surface area contributed by atoms with Crippen LogP contribution in [-0.4, -0.2) is 23.6 Å². The van der Waals surface area contributed by atoms with Crippen LogP contribution in [0.2, 0.25) is 0 Å². The van der Waals surface area contributed by atoms with E-state index in [2.05, 4.69) is 18.2 Å². The summed E-state index contributed by atoms with van der Waals surface area (Å²) in [5, 5.41) is 10.5. The molecule has 1 fully saturated rings. The Labute approximate surface area is 155 Å². The third kappa shape index (κ3) is 3.56. The van der Waals surface area contributed by atoms with Crippen LogP contribution in [0.15, 0.2) is 48.5 Å². The van der Waals surface area contributed by atoms with Gasteiger partial charge >= 0.3 is 0 Å². The predicted octanol–water partition coefficient (Wildman–Crippen LogP) is 4.41. The summed E-state index contributed by atoms with van der Waals surface area (Å²) in [5.41, 5.74) is 1.38. The highest BCUT2D eigenvalue weighted by Gasteiger charge is 2.29. The summed E-state index contributed by atoms with van der Waals surface area (Å²) in [6, 6.07) is 15.1. The lowest BCUT2D eigenvalue weighted by molar-refractivity contribution is -0.139. The molecule has 0 aliphatic carbocycles. The Morgan fingerprint density at radius 1 is 1.15 bits per heavy atom. The van der Waals surface area contributed by atoms with Crippen molar-refractivity contribution in [2.75, 3.05) is 6.61 Å². The lowest BCUT2D eigenvalue weighted by Crippen LogP contribution is -2.31. The van der Waals surface area contributed by atoms with Gasteiger partial charge in [0, 0.05) is 28.8 Å². The number of hydrogen-bond acceptors (Lipinski definition) is 4. The largest absolute Gasteiger partial charge is 0.394 e. The smallest absolute Gasteiger partial charge is 0.138 e. The van der Waals surface area contributed by atoms with Gasteiger partial charge in [0.05, 0.1) is 18.8 Å². The van der Waals surface area contributed by atoms with E-state index in [1.54, 1.807) is 23.5 Å². The molecular formula is C21H19FO3S. The van der Waals surface area contributed by atoms with Gasteiger partial charge < -0.3 is 9.84 Å². The standard InChI is InChI=1S/C21H19FO3S/c22-19-6-5-13(20-11-16(24)10-17(12-23)25-20)7-15(19)9-18-8-14-3-1-2-4-21(14)26-18/h1-8,17,20,23H,9-12H2/t17-,20+/m0/s1. The van der Waals surface area contributed by atoms with Crippen molar-refractivity contribution in [2.24, 2.45) is 0 Å². The number of benzene rings is 2. The summed E-state index contributed by atoms with van der Waals surface area (Å²) in [5.74, 6) is -0.192. The summed E-state index contributed by atoms with van der Waals surface area (Å²) in [6.45, 7) is -0.182. The third-order valence-electron chi connectivity index (χ3n) is 4.71. The molecule has 26 heavy (non-hydrogen) atoms. The molecule has 2 heterocycles. The van der Waals surface area contributed by atoms with Crippen LogP contribution in [-0.2, 0) is 16.0 Å². The quantitative estimate of drug-likeness (QED) is 0.740. The van der Waals surface area contributed by atoms with Crippen LogP contribution < -0.4 is 0 Å². The molecule has 5 heteroatoms. The van der Waals surface area contributed by atoms with E-state index in [-0.39, 0.29) is 31.0 Å². The number of rotatable bonds is 4. The number of aliphatic hydroxyl groups is 1. The van der Waals surface area contributed by atoms with Crippen molar-refractivity contribution in [3.63, 3.8) is 0 Å². The topological polar surface area (TPSA) is 46.5 Å². The first-order chi connectivity index (χ1) is 12.6. The minimum atomic E-state index is -0.475. The molecule has 1 aliphatic heterocycles. The molecule has 0 saturated carbocycles. The van der Waals surface area contributed by atoms with E-state index in [4.69, 9.17) is 4.74 Å². The number of ketones is 1. The maximum atomic E-state index is 14.4. The van der Waals surface area contributed by atoms with Crippen LogP contribution in [0.3, 0.4) is 0 Å². The minimum Gasteiger partial charge on any atom is -0.394 e. The van der Waals surface area contributed by atoms with Gasteiger partial charge in [-0.2, -0.15) is 0 Å². The van der Waals surface area contributed by atoms with E-state index in [1.807, 2.05) is 12.1 Å². The normalized spacial score (nSPS) is 20.6. The van der Waals surface area contributed by atoms with E-state index in [9.17, 15) is 14.3 Å². The molecular weight excluding hydrogens is 351 g/mol. The molecule has 4 rings (SSSR count). The molecule has 1 aromatic heterocycles. The van der Waals surface area contributed by atoms with Crippen molar-refractivity contribution >= 4 is 27.2 Å². The number of Topliss-reactive ketones (excluding diaryl/α,β-unsaturated/α-hetero) is 1. The molecule has 0 spiro atoms. The van der Waals surface area contributed by atoms with Gasteiger partial charge in [0.2, 0.25) is 0 Å². The Balaban J connectivity index is 1.60. The van der Waals surface area contributed by atoms with Crippen LogP contribution in [0.4, 0.5) is 4.39 Å². The fourth-order valence-electron chi connectivity index (χ4n) is 3.42. The molecule has 134 valence electrons. The number of thiophene rings is 1. The fraction of sp³-hybridized carbons (Fsp3) is 0.286. The summed E-state index contributed by atoms with van der Waals surface area (Å²) in [6.07, 6.45) is 0.115. The van der Waals surface area contributed by atoms with Gasteiger partial charge in [-0.1, -0.05) is 24.3 Å². The molecule has 2 aromatic carbocycles. The summed E-state index contributed by atoms with van der Waals surface area (Å²) < 4.78 is 21.3. The summed E-state index contributed by atoms with van der Waals surface area (Å²) in [4.78, 5) is 13.0. The van der Waals surface area contributed by atoms with Gasteiger partial charge in [0.15, 0.2) is 0 Å². The Kier molecular flexibility index (Phi) is 4.85. The molecule has 1 saturated heterocycles. The molecule has 2 atom stereocenters. The number of fused-ring (bicyclic) bond motifs is 1. The minimum absolute atomic E-state index is 0.0654. The van der Waals surface area contributed by atoms with Crippen molar-refractivity contribution in [1.82, 2.24) is 0 Å². The number of carbonyl (C=O) groups excluding carboxylic acids is 1. The molecule has 0 unspecified atom stereocenters. The monoisotopic (exact) mass is 370 g/mol. The lowest BCUT2D eigenvalue weighted by Gasteiger charge is -2.28. The number of halogens is 1. The zero-order chi connectivity index (χ0) is 18.1. The predicted molar refractivity (Wildman–Crippen MR) is 100.0 cm³/mol. The highest BCUT2D eigenvalue weighted by atomic mass is 32.1. The Morgan fingerprint density at radius 3 is 2.81 bits per heavy atom. The molecule has 3 aromatic rings. The maximum absolute atomic E-state index is 14.4. The first kappa shape index (κ1) is 17.3. The summed E-state index contributed by atoms with van der Waals surface area (Å²) in [7, 11) is 0. The molecule has 1 N–H and O–H groups in total. The SMILES string of the molecule is O=C1C[C@@H](CO)O[C@@H](c2ccc(F)c(Cc3cc4ccccc4s3)c2)C1. The Hall–Kier alpha value is -2.08. The average Bonchev–Trinajstić information content (AvgIpc) is 3.05. The van der Waals surface area contributed by atoms with E-state index in [0.29, 0.717) is 12.0 Å². The van der Waals surface area contributed by atoms with Crippen LogP contribution in [0.25, 0.3) is 10.1 Å². The van der Waals surface area contributed by atoms with Crippen LogP contribution >= 0.6 is 11.3 Å². The van der Waals surface area contributed by atoms with Crippen molar-refractivity contribution < 1.29 is 19.0 Å². The Morgan fingerprint density at radius 2 is 2.00 bits per heavy atom. The molecule has 1 aliphatic rings. The zero-order valence-electron chi connectivity index (χ0n) is 14.2. The van der Waals surface area contributed by atoms with Gasteiger partial charge in [0.1, 0.15) is 11.6 Å². The van der Waals surface area contributed by atoms with Gasteiger partial charge in [-0.3, -0.25) is 4.79 Å². The van der Waals surface area contributed by atoms with E-state index < -0.39 is 12.2 Å². The van der Waals surface area contributed by atoms with Gasteiger partial charge in [-0.25, -0.2) is 4.39 Å². The molecule has 0 radical (unpaired) electrons. The summed E-state index contributed by atoms with van der Waals surface area (Å²) >= 11 is 1.66. The number of ether oxygens (including phenoxy) is 1. The first-order valence-corrected chi connectivity index (χ1v) is 9.48. The number of carbonyl (C=O) groups is 1. The number of hydrogen-bond donors (Lipinski definition) is 1. The van der Waals surface area contributed by atoms with Crippen LogP contribution in [0.5, 0.6) is 0 Å². The van der Waals surface area contributed by atoms with Crippen molar-refractivity contribution in [1.29, 1.82) is 0 Å². The Bertz CT molecular complexity index is 916. The van der Waals surface area contributed by atoms with Crippen molar-refractivity contribution in [3.05, 3.63) is 70.4 Å². The van der Waals surface area contributed by atoms with E-state index >= 15 is 0 Å². The van der Waals surface area contributed by atoms with Gasteiger partial charge in [-0.15, -0.1) is 11.3 Å². The first-order valence-electron chi connectivity index (χ1n) is 8.66. The second kappa shape index (κ2) is 7.27. The van der Waals surface area contributed by atoms with Crippen molar-refractivity contribution in [3.8, 4) is 0 Å². The number of aliphatic hydroxyl groups excluding tert-OH is 1. The lowest BCUT2D eigenvalue weighted by atomic mass is 9.95. The van der Waals surface area contributed by atoms with E-state index in [0.717, 1.165) is 15.8 Å². The van der Waals surface area contributed by atoms with Crippen molar-refractivity contribution in [2.45, 2.75) is 31.5 Å². The fourth-order valence-corrected chi connectivity index (χ4v) is 4.51.